The van der Waals surface area contributed by atoms with Crippen molar-refractivity contribution in [3.05, 3.63) is 78.0 Å². The van der Waals surface area contributed by atoms with E-state index < -0.39 is 5.82 Å². The van der Waals surface area contributed by atoms with Gasteiger partial charge in [-0.25, -0.2) is 8.91 Å². The van der Waals surface area contributed by atoms with Crippen molar-refractivity contribution in [1.29, 1.82) is 0 Å². The number of benzene rings is 2. The highest BCUT2D eigenvalue weighted by molar-refractivity contribution is 6.04. The van der Waals surface area contributed by atoms with Gasteiger partial charge in [0.1, 0.15) is 11.8 Å². The highest BCUT2D eigenvalue weighted by Gasteiger charge is 2.14. The van der Waals surface area contributed by atoms with Crippen LogP contribution in [0.25, 0.3) is 5.52 Å². The summed E-state index contributed by atoms with van der Waals surface area (Å²) in [6.45, 7) is 1.89. The fourth-order valence-corrected chi connectivity index (χ4v) is 3.03. The van der Waals surface area contributed by atoms with Gasteiger partial charge < -0.3 is 15.0 Å². The predicted octanol–water partition coefficient (Wildman–Crippen LogP) is 4.29. The molecule has 1 amide bonds. The largest absolute Gasteiger partial charge is 0.434 e. The van der Waals surface area contributed by atoms with E-state index in [1.165, 1.54) is 18.5 Å². The van der Waals surface area contributed by atoms with Crippen molar-refractivity contribution in [2.24, 2.45) is 0 Å². The monoisotopic (exact) mass is 405 g/mol. The number of aryl methyl sites for hydroxylation is 1. The minimum Gasteiger partial charge on any atom is -0.434 e. The van der Waals surface area contributed by atoms with Gasteiger partial charge in [0.2, 0.25) is 5.88 Å². The lowest BCUT2D eigenvalue weighted by molar-refractivity contribution is 0.102. The quantitative estimate of drug-likeness (QED) is 0.536. The van der Waals surface area contributed by atoms with Crippen LogP contribution in [0.3, 0.4) is 0 Å². The Labute approximate surface area is 172 Å². The molecule has 152 valence electrons. The van der Waals surface area contributed by atoms with E-state index in [1.54, 1.807) is 28.9 Å². The van der Waals surface area contributed by atoms with Gasteiger partial charge in [-0.1, -0.05) is 0 Å². The zero-order chi connectivity index (χ0) is 21.3. The molecule has 1 N–H and O–H groups in total. The molecule has 0 atom stereocenters. The predicted molar refractivity (Wildman–Crippen MR) is 113 cm³/mol. The van der Waals surface area contributed by atoms with Crippen LogP contribution in [0.5, 0.6) is 11.6 Å². The maximum absolute atomic E-state index is 14.6. The molecule has 7 nitrogen and oxygen atoms in total. The summed E-state index contributed by atoms with van der Waals surface area (Å²) in [5.41, 5.74) is 3.36. The normalized spacial score (nSPS) is 10.8. The van der Waals surface area contributed by atoms with Crippen molar-refractivity contribution in [3.8, 4) is 11.6 Å². The Morgan fingerprint density at radius 2 is 1.90 bits per heavy atom. The number of anilines is 2. The first kappa shape index (κ1) is 19.4. The van der Waals surface area contributed by atoms with Gasteiger partial charge in [0, 0.05) is 43.3 Å². The lowest BCUT2D eigenvalue weighted by Gasteiger charge is -2.13. The lowest BCUT2D eigenvalue weighted by Crippen LogP contribution is -2.13. The van der Waals surface area contributed by atoms with E-state index in [4.69, 9.17) is 4.74 Å². The average molecular weight is 405 g/mol. The molecule has 0 radical (unpaired) electrons. The molecule has 0 unspecified atom stereocenters. The summed E-state index contributed by atoms with van der Waals surface area (Å²) in [6, 6.07) is 13.3. The summed E-state index contributed by atoms with van der Waals surface area (Å²) < 4.78 is 21.9. The topological polar surface area (TPSA) is 71.8 Å². The number of carbonyl (C=O) groups is 1. The third kappa shape index (κ3) is 3.80. The number of hydrogen-bond acceptors (Lipinski definition) is 5. The number of aromatic nitrogens is 3. The van der Waals surface area contributed by atoms with Crippen LogP contribution < -0.4 is 15.0 Å². The highest BCUT2D eigenvalue weighted by atomic mass is 19.1. The van der Waals surface area contributed by atoms with Crippen LogP contribution in [0.1, 0.15) is 15.9 Å². The Kier molecular flexibility index (Phi) is 5.05. The average Bonchev–Trinajstić information content (AvgIpc) is 3.12. The molecule has 0 saturated heterocycles. The van der Waals surface area contributed by atoms with Crippen molar-refractivity contribution in [1.82, 2.24) is 14.6 Å². The second-order valence-electron chi connectivity index (χ2n) is 7.00. The minimum atomic E-state index is -0.614. The zero-order valence-electron chi connectivity index (χ0n) is 16.8. The van der Waals surface area contributed by atoms with E-state index in [0.717, 1.165) is 11.3 Å². The minimum absolute atomic E-state index is 0.00420. The molecular formula is C22H20FN5O2. The van der Waals surface area contributed by atoms with Crippen LogP contribution >= 0.6 is 0 Å². The van der Waals surface area contributed by atoms with Crippen molar-refractivity contribution < 1.29 is 13.9 Å². The number of ether oxygens (including phenoxy) is 1. The lowest BCUT2D eigenvalue weighted by atomic mass is 10.2. The van der Waals surface area contributed by atoms with Crippen LogP contribution in [0, 0.1) is 12.7 Å². The molecule has 0 aliphatic carbocycles. The Balaban J connectivity index is 1.51. The number of fused-ring (bicyclic) bond motifs is 1. The molecule has 8 heteroatoms. The van der Waals surface area contributed by atoms with Crippen molar-refractivity contribution >= 4 is 22.8 Å². The standard InChI is InChI=1S/C22H20FN5O2/c1-14-10-11-28-20(14)22(24-13-25-28)30-19-9-6-16(12-18(19)23)26-21(29)15-4-7-17(8-5-15)27(2)3/h4-13H,1-3H3,(H,26,29). The number of carbonyl (C=O) groups excluding carboxylic acids is 1. The van der Waals surface area contributed by atoms with Gasteiger partial charge in [-0.2, -0.15) is 10.1 Å². The summed E-state index contributed by atoms with van der Waals surface area (Å²) in [6.07, 6.45) is 3.12. The Morgan fingerprint density at radius 1 is 1.13 bits per heavy atom. The Morgan fingerprint density at radius 3 is 2.60 bits per heavy atom. The summed E-state index contributed by atoms with van der Waals surface area (Å²) >= 11 is 0. The molecule has 4 aromatic rings. The first-order chi connectivity index (χ1) is 14.4. The number of nitrogens with zero attached hydrogens (tertiary/aromatic N) is 4. The summed E-state index contributed by atoms with van der Waals surface area (Å²) in [7, 11) is 3.84. The molecule has 30 heavy (non-hydrogen) atoms. The van der Waals surface area contributed by atoms with Gasteiger partial charge >= 0.3 is 0 Å². The molecule has 2 aromatic heterocycles. The van der Waals surface area contributed by atoms with E-state index in [0.29, 0.717) is 16.8 Å². The van der Waals surface area contributed by atoms with Crippen LogP contribution in [0.4, 0.5) is 15.8 Å². The van der Waals surface area contributed by atoms with Gasteiger partial charge in [-0.3, -0.25) is 4.79 Å². The number of halogens is 1. The van der Waals surface area contributed by atoms with Crippen molar-refractivity contribution in [3.63, 3.8) is 0 Å². The molecule has 0 bridgehead atoms. The molecule has 2 heterocycles. The third-order valence-electron chi connectivity index (χ3n) is 4.66. The van der Waals surface area contributed by atoms with Gasteiger partial charge in [0.15, 0.2) is 11.6 Å². The van der Waals surface area contributed by atoms with E-state index in [2.05, 4.69) is 15.4 Å². The Bertz CT molecular complexity index is 1220. The van der Waals surface area contributed by atoms with Crippen LogP contribution in [-0.4, -0.2) is 34.6 Å². The maximum atomic E-state index is 14.6. The fraction of sp³-hybridized carbons (Fsp3) is 0.136. The highest BCUT2D eigenvalue weighted by Crippen LogP contribution is 2.29. The second-order valence-corrected chi connectivity index (χ2v) is 7.00. The summed E-state index contributed by atoms with van der Waals surface area (Å²) in [4.78, 5) is 18.5. The first-order valence-corrected chi connectivity index (χ1v) is 9.27. The SMILES string of the molecule is Cc1ccn2ncnc(Oc3ccc(NC(=O)c4ccc(N(C)C)cc4)cc3F)c12. The second kappa shape index (κ2) is 7.82. The zero-order valence-corrected chi connectivity index (χ0v) is 16.8. The van der Waals surface area contributed by atoms with Gasteiger partial charge in [0.25, 0.3) is 5.91 Å². The molecular weight excluding hydrogens is 385 g/mol. The Hall–Kier alpha value is -3.94. The van der Waals surface area contributed by atoms with Crippen LogP contribution in [0.2, 0.25) is 0 Å². The molecule has 0 fully saturated rings. The van der Waals surface area contributed by atoms with Crippen LogP contribution in [0.15, 0.2) is 61.1 Å². The maximum Gasteiger partial charge on any atom is 0.255 e. The van der Waals surface area contributed by atoms with Crippen LogP contribution in [-0.2, 0) is 0 Å². The van der Waals surface area contributed by atoms with E-state index in [-0.39, 0.29) is 17.5 Å². The van der Waals surface area contributed by atoms with Gasteiger partial charge in [-0.15, -0.1) is 0 Å². The number of hydrogen-bond donors (Lipinski definition) is 1. The number of amides is 1. The summed E-state index contributed by atoms with van der Waals surface area (Å²) in [5, 5.41) is 6.79. The van der Waals surface area contributed by atoms with Gasteiger partial charge in [-0.05, 0) is 55.0 Å². The van der Waals surface area contributed by atoms with E-state index in [9.17, 15) is 9.18 Å². The molecule has 0 saturated carbocycles. The molecule has 0 aliphatic heterocycles. The number of rotatable bonds is 5. The number of nitrogens with one attached hydrogen (secondary N) is 1. The van der Waals surface area contributed by atoms with E-state index >= 15 is 0 Å². The molecule has 2 aromatic carbocycles. The molecule has 4 rings (SSSR count). The molecule has 0 spiro atoms. The first-order valence-electron chi connectivity index (χ1n) is 9.27. The fourth-order valence-electron chi connectivity index (χ4n) is 3.03. The molecule has 0 aliphatic rings. The third-order valence-corrected chi connectivity index (χ3v) is 4.66. The van der Waals surface area contributed by atoms with Crippen molar-refractivity contribution in [2.75, 3.05) is 24.3 Å². The van der Waals surface area contributed by atoms with E-state index in [1.807, 2.05) is 44.1 Å². The summed E-state index contributed by atoms with van der Waals surface area (Å²) in [5.74, 6) is -0.680. The smallest absolute Gasteiger partial charge is 0.255 e. The van der Waals surface area contributed by atoms with Crippen molar-refractivity contribution in [2.45, 2.75) is 6.92 Å². The van der Waals surface area contributed by atoms with Gasteiger partial charge in [0.05, 0.1) is 0 Å².